The molecule has 0 saturated carbocycles. The first kappa shape index (κ1) is 74.6. The number of carbonyl (C=O) groups is 2. The van der Waals surface area contributed by atoms with Crippen molar-refractivity contribution in [1.82, 2.24) is 0 Å². The highest BCUT2D eigenvalue weighted by Crippen LogP contribution is 2.17. The highest BCUT2D eigenvalue weighted by molar-refractivity contribution is 5.70. The summed E-state index contributed by atoms with van der Waals surface area (Å²) in [7, 11) is 0. The molecule has 5 heteroatoms. The molecule has 1 unspecified atom stereocenters. The van der Waals surface area contributed by atoms with Crippen LogP contribution in [0.4, 0.5) is 0 Å². The molecule has 5 nitrogen and oxygen atoms in total. The molecule has 1 N–H and O–H groups in total. The van der Waals surface area contributed by atoms with Crippen molar-refractivity contribution in [1.29, 1.82) is 0 Å². The van der Waals surface area contributed by atoms with E-state index in [1.54, 1.807) is 0 Å². The van der Waals surface area contributed by atoms with Crippen molar-refractivity contribution in [2.75, 3.05) is 13.2 Å². The van der Waals surface area contributed by atoms with Crippen molar-refractivity contribution in [3.63, 3.8) is 0 Å². The Bertz CT molecular complexity index is 1510. The normalized spacial score (nSPS) is 12.9. The molecule has 0 rings (SSSR count). The first-order chi connectivity index (χ1) is 38.6. The smallest absolute Gasteiger partial charge is 0.306 e. The second-order valence-electron chi connectivity index (χ2n) is 22.2. The Morgan fingerprint density at radius 1 is 0.308 bits per heavy atom. The van der Waals surface area contributed by atoms with Gasteiger partial charge in [0.15, 0.2) is 6.10 Å². The minimum Gasteiger partial charge on any atom is -0.462 e. The van der Waals surface area contributed by atoms with Gasteiger partial charge in [0.2, 0.25) is 0 Å². The van der Waals surface area contributed by atoms with Gasteiger partial charge in [-0.05, 0) is 103 Å². The Hall–Kier alpha value is -3.44. The summed E-state index contributed by atoms with van der Waals surface area (Å²) in [6.45, 7) is 4.04. The second kappa shape index (κ2) is 67.8. The molecule has 0 aliphatic heterocycles. The highest BCUT2D eigenvalue weighted by Gasteiger charge is 2.16. The van der Waals surface area contributed by atoms with E-state index in [1.165, 1.54) is 205 Å². The number of ether oxygens (including phenoxy) is 2. The van der Waals surface area contributed by atoms with Crippen LogP contribution in [0.5, 0.6) is 0 Å². The molecule has 0 aliphatic rings. The number of unbranched alkanes of at least 4 members (excludes halogenated alkanes) is 35. The molecule has 0 amide bonds. The fourth-order valence-electron chi connectivity index (χ4n) is 9.57. The van der Waals surface area contributed by atoms with Crippen LogP contribution in [0.15, 0.2) is 109 Å². The Morgan fingerprint density at radius 2 is 0.551 bits per heavy atom. The van der Waals surface area contributed by atoms with Gasteiger partial charge < -0.3 is 14.6 Å². The van der Waals surface area contributed by atoms with E-state index in [0.29, 0.717) is 12.8 Å². The maximum atomic E-state index is 12.4. The summed E-state index contributed by atoms with van der Waals surface area (Å²) >= 11 is 0. The minimum atomic E-state index is -0.779. The molecule has 1 atom stereocenters. The molecule has 448 valence electrons. The zero-order valence-electron chi connectivity index (χ0n) is 51.4. The first-order valence-corrected chi connectivity index (χ1v) is 33.4. The highest BCUT2D eigenvalue weighted by atomic mass is 16.6. The number of hydrogen-bond donors (Lipinski definition) is 1. The van der Waals surface area contributed by atoms with Crippen LogP contribution in [0.25, 0.3) is 0 Å². The molecule has 0 radical (unpaired) electrons. The predicted molar refractivity (Wildman–Crippen MR) is 343 cm³/mol. The number of esters is 2. The Labute approximate surface area is 484 Å². The second-order valence-corrected chi connectivity index (χ2v) is 22.2. The third-order valence-electron chi connectivity index (χ3n) is 14.6. The van der Waals surface area contributed by atoms with Crippen LogP contribution in [0.2, 0.25) is 0 Å². The van der Waals surface area contributed by atoms with Gasteiger partial charge in [0.1, 0.15) is 6.61 Å². The fraction of sp³-hybridized carbons (Fsp3) is 0.726. The molecule has 78 heavy (non-hydrogen) atoms. The number of aliphatic hydroxyl groups is 1. The molecule has 0 aliphatic carbocycles. The van der Waals surface area contributed by atoms with Gasteiger partial charge in [-0.15, -0.1) is 0 Å². The third-order valence-corrected chi connectivity index (χ3v) is 14.6. The van der Waals surface area contributed by atoms with Crippen molar-refractivity contribution < 1.29 is 24.2 Å². The van der Waals surface area contributed by atoms with Gasteiger partial charge in [-0.25, -0.2) is 0 Å². The van der Waals surface area contributed by atoms with Crippen LogP contribution < -0.4 is 0 Å². The van der Waals surface area contributed by atoms with E-state index < -0.39 is 6.10 Å². The van der Waals surface area contributed by atoms with Crippen LogP contribution in [-0.4, -0.2) is 36.4 Å². The minimum absolute atomic E-state index is 0.0678. The van der Waals surface area contributed by atoms with Crippen LogP contribution in [-0.2, 0) is 19.1 Å². The van der Waals surface area contributed by atoms with E-state index >= 15 is 0 Å². The summed E-state index contributed by atoms with van der Waals surface area (Å²) in [4.78, 5) is 24.6. The monoisotopic (exact) mass is 1080 g/mol. The van der Waals surface area contributed by atoms with Gasteiger partial charge in [-0.1, -0.05) is 316 Å². The Kier molecular flexibility index (Phi) is 64.8. The van der Waals surface area contributed by atoms with Crippen LogP contribution in [0, 0.1) is 0 Å². The number of allylic oxidation sites excluding steroid dienone is 18. The van der Waals surface area contributed by atoms with Gasteiger partial charge in [-0.2, -0.15) is 0 Å². The van der Waals surface area contributed by atoms with E-state index in [9.17, 15) is 14.7 Å². The SMILES string of the molecule is CC/C=C\C/C=C\C/C=C\C/C=C\C/C=C\C/C=C\CCCCCCCCCCCCCCCCC(=O)OC(CO)COC(=O)CCCCCCCCCCCCCCCCCC/C=C\C/C=C\C/C=C\CCCCCCC. The maximum absolute atomic E-state index is 12.4. The predicted octanol–water partition coefficient (Wildman–Crippen LogP) is 23.2. The van der Waals surface area contributed by atoms with Gasteiger partial charge in [0.05, 0.1) is 6.61 Å². The molecule has 0 spiro atoms. The van der Waals surface area contributed by atoms with Crippen LogP contribution in [0.3, 0.4) is 0 Å². The average molecular weight is 1080 g/mol. The summed E-state index contributed by atoms with van der Waals surface area (Å²) in [5, 5.41) is 9.70. The van der Waals surface area contributed by atoms with E-state index in [0.717, 1.165) is 89.9 Å². The summed E-state index contributed by atoms with van der Waals surface area (Å²) < 4.78 is 10.8. The number of rotatable bonds is 61. The summed E-state index contributed by atoms with van der Waals surface area (Å²) in [5.74, 6) is -0.583. The average Bonchev–Trinajstić information content (AvgIpc) is 3.44. The molecule has 0 aromatic carbocycles. The molecule has 0 aromatic rings. The number of aliphatic hydroxyl groups excluding tert-OH is 1. The largest absolute Gasteiger partial charge is 0.462 e. The summed E-state index contributed by atoms with van der Waals surface area (Å²) in [6.07, 6.45) is 98.1. The van der Waals surface area contributed by atoms with Crippen LogP contribution in [0.1, 0.15) is 322 Å². The van der Waals surface area contributed by atoms with E-state index in [2.05, 4.69) is 123 Å². The van der Waals surface area contributed by atoms with E-state index in [-0.39, 0.29) is 25.2 Å². The van der Waals surface area contributed by atoms with Gasteiger partial charge in [0.25, 0.3) is 0 Å². The molecule has 0 aromatic heterocycles. The Morgan fingerprint density at radius 3 is 0.833 bits per heavy atom. The van der Waals surface area contributed by atoms with Crippen molar-refractivity contribution >= 4 is 11.9 Å². The van der Waals surface area contributed by atoms with Gasteiger partial charge >= 0.3 is 11.9 Å². The molecular formula is C73H126O5. The van der Waals surface area contributed by atoms with Crippen molar-refractivity contribution in [3.05, 3.63) is 109 Å². The summed E-state index contributed by atoms with van der Waals surface area (Å²) in [6, 6.07) is 0. The standard InChI is InChI=1S/C73H126O5/c1-3-5-7-9-11-13-15-17-19-21-23-25-27-29-31-33-35-36-38-40-42-44-46-48-50-52-54-56-58-60-62-64-66-68-73(76)78-71(69-74)70-77-72(75)67-65-63-61-59-57-55-53-51-49-47-45-43-41-39-37-34-32-30-28-26-24-22-20-18-16-14-12-10-8-6-4-2/h5,7,11,13,16-19,22-25,28-31,35-36,71,74H,3-4,6,8-10,12,14-15,20-21,26-27,32-34,37-70H2,1-2H3/b7-5-,13-11-,18-16-,19-17-,24-22-,25-23-,30-28-,31-29-,36-35-. The van der Waals surface area contributed by atoms with Crippen molar-refractivity contribution in [2.45, 2.75) is 328 Å². The van der Waals surface area contributed by atoms with Gasteiger partial charge in [-0.3, -0.25) is 9.59 Å². The topological polar surface area (TPSA) is 72.8 Å². The number of hydrogen-bond acceptors (Lipinski definition) is 5. The zero-order chi connectivity index (χ0) is 56.2. The molecule has 0 saturated heterocycles. The van der Waals surface area contributed by atoms with Gasteiger partial charge in [0, 0.05) is 12.8 Å². The molecule has 0 heterocycles. The molecular weight excluding hydrogens is 957 g/mol. The lowest BCUT2D eigenvalue weighted by Gasteiger charge is -2.15. The van der Waals surface area contributed by atoms with E-state index in [1.807, 2.05) is 0 Å². The quantitative estimate of drug-likeness (QED) is 0.0373. The Balaban J connectivity index is 3.47. The zero-order valence-corrected chi connectivity index (χ0v) is 51.4. The van der Waals surface area contributed by atoms with E-state index in [4.69, 9.17) is 9.47 Å². The third kappa shape index (κ3) is 65.1. The number of carbonyl (C=O) groups excluding carboxylic acids is 2. The molecule has 0 fully saturated rings. The van der Waals surface area contributed by atoms with Crippen molar-refractivity contribution in [2.24, 2.45) is 0 Å². The summed E-state index contributed by atoms with van der Waals surface area (Å²) in [5.41, 5.74) is 0. The lowest BCUT2D eigenvalue weighted by atomic mass is 10.0. The maximum Gasteiger partial charge on any atom is 0.306 e. The lowest BCUT2D eigenvalue weighted by molar-refractivity contribution is -0.161. The molecule has 0 bridgehead atoms. The van der Waals surface area contributed by atoms with Crippen molar-refractivity contribution in [3.8, 4) is 0 Å². The lowest BCUT2D eigenvalue weighted by Crippen LogP contribution is -2.28. The fourth-order valence-corrected chi connectivity index (χ4v) is 9.57. The van der Waals surface area contributed by atoms with Crippen LogP contribution >= 0.6 is 0 Å². The first-order valence-electron chi connectivity index (χ1n) is 33.4.